The third kappa shape index (κ3) is 7.00. The number of nitrogens with zero attached hydrogens (tertiary/aromatic N) is 3. The number of nitrogens with two attached hydrogens (primary N) is 2. The lowest BCUT2D eigenvalue weighted by atomic mass is 9.97. The first-order valence-electron chi connectivity index (χ1n) is 12.3. The van der Waals surface area contributed by atoms with Crippen molar-refractivity contribution in [2.45, 2.75) is 71.8 Å². The summed E-state index contributed by atoms with van der Waals surface area (Å²) in [5, 5.41) is 1.39. The summed E-state index contributed by atoms with van der Waals surface area (Å²) in [6.07, 6.45) is 7.97. The second-order valence-electron chi connectivity index (χ2n) is 9.91. The molecule has 0 radical (unpaired) electrons. The Morgan fingerprint density at radius 1 is 1.24 bits per heavy atom. The molecule has 1 atom stereocenters. The standard InChI is InChI=1S/C25H41N5O3/c1-17(2)14-19-12-13-30(15-19)25(31)32-16-22(29(4)27)24(26)21-10-11-23(18(3)28-21)33-20-8-6-5-7-9-20/h10-11,17,19-20H,5-9,12-16,26-27H2,1-4H3/b24-22-. The van der Waals surface area contributed by atoms with Crippen molar-refractivity contribution in [2.75, 3.05) is 26.7 Å². The van der Waals surface area contributed by atoms with E-state index >= 15 is 0 Å². The van der Waals surface area contributed by atoms with Crippen LogP contribution in [-0.4, -0.2) is 53.8 Å². The zero-order chi connectivity index (χ0) is 24.0. The van der Waals surface area contributed by atoms with Gasteiger partial charge in [-0.05, 0) is 69.4 Å². The number of carbonyl (C=O) groups excluding carboxylic acids is 1. The van der Waals surface area contributed by atoms with E-state index in [0.29, 0.717) is 28.9 Å². The van der Waals surface area contributed by atoms with E-state index < -0.39 is 0 Å². The van der Waals surface area contributed by atoms with Crippen molar-refractivity contribution in [3.05, 3.63) is 29.2 Å². The summed E-state index contributed by atoms with van der Waals surface area (Å²) >= 11 is 0. The van der Waals surface area contributed by atoms with E-state index in [-0.39, 0.29) is 18.8 Å². The molecule has 1 unspecified atom stereocenters. The van der Waals surface area contributed by atoms with E-state index in [2.05, 4.69) is 18.8 Å². The fourth-order valence-corrected chi connectivity index (χ4v) is 4.78. The molecule has 3 rings (SSSR count). The fraction of sp³-hybridized carbons (Fsp3) is 0.680. The Labute approximate surface area is 198 Å². The average molecular weight is 460 g/mol. The topological polar surface area (TPSA) is 107 Å². The van der Waals surface area contributed by atoms with E-state index in [0.717, 1.165) is 50.2 Å². The minimum absolute atomic E-state index is 0.00985. The molecule has 4 N–H and O–H groups in total. The van der Waals surface area contributed by atoms with Gasteiger partial charge >= 0.3 is 6.09 Å². The van der Waals surface area contributed by atoms with E-state index in [1.54, 1.807) is 11.9 Å². The quantitative estimate of drug-likeness (QED) is 0.446. The molecule has 8 heteroatoms. The van der Waals surface area contributed by atoms with Crippen LogP contribution in [0.25, 0.3) is 5.70 Å². The zero-order valence-corrected chi connectivity index (χ0v) is 20.7. The summed E-state index contributed by atoms with van der Waals surface area (Å²) in [5.74, 6) is 7.98. The Morgan fingerprint density at radius 3 is 2.61 bits per heavy atom. The third-order valence-corrected chi connectivity index (χ3v) is 6.58. The molecule has 184 valence electrons. The summed E-state index contributed by atoms with van der Waals surface area (Å²) in [5.41, 5.74) is 8.68. The average Bonchev–Trinajstić information content (AvgIpc) is 3.23. The first-order chi connectivity index (χ1) is 15.7. The predicted octanol–water partition coefficient (Wildman–Crippen LogP) is 4.04. The van der Waals surface area contributed by atoms with Crippen LogP contribution in [0.5, 0.6) is 5.75 Å². The maximum Gasteiger partial charge on any atom is 0.410 e. The summed E-state index contributed by atoms with van der Waals surface area (Å²) in [6.45, 7) is 7.80. The lowest BCUT2D eigenvalue weighted by Crippen LogP contribution is -2.34. The van der Waals surface area contributed by atoms with Gasteiger partial charge in [0.15, 0.2) is 0 Å². The lowest BCUT2D eigenvalue weighted by Gasteiger charge is -2.24. The first kappa shape index (κ1) is 25.1. The van der Waals surface area contributed by atoms with Gasteiger partial charge in [0.05, 0.1) is 28.9 Å². The minimum atomic E-state index is -0.325. The maximum absolute atomic E-state index is 12.6. The van der Waals surface area contributed by atoms with Crippen LogP contribution in [0, 0.1) is 18.8 Å². The summed E-state index contributed by atoms with van der Waals surface area (Å²) in [6, 6.07) is 3.75. The Kier molecular flexibility index (Phi) is 8.83. The molecule has 1 aromatic heterocycles. The number of hydrogen-bond acceptors (Lipinski definition) is 7. The van der Waals surface area contributed by atoms with Crippen LogP contribution in [0.15, 0.2) is 17.8 Å². The van der Waals surface area contributed by atoms with Gasteiger partial charge in [-0.25, -0.2) is 15.6 Å². The molecular weight excluding hydrogens is 418 g/mol. The van der Waals surface area contributed by atoms with Gasteiger partial charge in [-0.1, -0.05) is 20.3 Å². The number of likely N-dealkylation sites (tertiary alicyclic amines) is 1. The molecule has 1 saturated carbocycles. The van der Waals surface area contributed by atoms with Gasteiger partial charge in [-0.15, -0.1) is 0 Å². The highest BCUT2D eigenvalue weighted by atomic mass is 16.6. The fourth-order valence-electron chi connectivity index (χ4n) is 4.78. The number of likely N-dealkylation sites (N-methyl/N-ethyl adjacent to an activating group) is 1. The summed E-state index contributed by atoms with van der Waals surface area (Å²) < 4.78 is 11.7. The normalized spacial score (nSPS) is 20.1. The van der Waals surface area contributed by atoms with Crippen LogP contribution in [0.1, 0.15) is 70.2 Å². The largest absolute Gasteiger partial charge is 0.489 e. The van der Waals surface area contributed by atoms with Crippen molar-refractivity contribution in [1.82, 2.24) is 14.9 Å². The molecule has 2 aliphatic rings. The van der Waals surface area contributed by atoms with Gasteiger partial charge in [0.25, 0.3) is 0 Å². The molecule has 1 aliphatic heterocycles. The molecule has 8 nitrogen and oxygen atoms in total. The second-order valence-corrected chi connectivity index (χ2v) is 9.91. The van der Waals surface area contributed by atoms with E-state index in [1.165, 1.54) is 24.3 Å². The number of rotatable bonds is 8. The highest BCUT2D eigenvalue weighted by Crippen LogP contribution is 2.27. The van der Waals surface area contributed by atoms with Crippen molar-refractivity contribution in [1.29, 1.82) is 0 Å². The SMILES string of the molecule is Cc1nc(/C(N)=C(\COC(=O)N2CCC(CC(C)C)C2)N(C)N)ccc1OC1CCCCC1. The molecule has 1 amide bonds. The van der Waals surface area contributed by atoms with Gasteiger partial charge in [0, 0.05) is 20.1 Å². The van der Waals surface area contributed by atoms with Crippen molar-refractivity contribution in [3.63, 3.8) is 0 Å². The molecule has 0 aromatic carbocycles. The number of aromatic nitrogens is 1. The molecule has 1 aromatic rings. The molecule has 2 fully saturated rings. The van der Waals surface area contributed by atoms with Crippen molar-refractivity contribution >= 4 is 11.8 Å². The number of carbonyl (C=O) groups is 1. The van der Waals surface area contributed by atoms with Crippen LogP contribution in [0.4, 0.5) is 4.79 Å². The Bertz CT molecular complexity index is 833. The Balaban J connectivity index is 1.63. The van der Waals surface area contributed by atoms with Crippen LogP contribution >= 0.6 is 0 Å². The number of amides is 1. The van der Waals surface area contributed by atoms with Gasteiger partial charge in [-0.3, -0.25) is 0 Å². The molecular formula is C25H41N5O3. The van der Waals surface area contributed by atoms with Crippen molar-refractivity contribution in [2.24, 2.45) is 23.4 Å². The zero-order valence-electron chi connectivity index (χ0n) is 20.7. The van der Waals surface area contributed by atoms with Crippen molar-refractivity contribution < 1.29 is 14.3 Å². The lowest BCUT2D eigenvalue weighted by molar-refractivity contribution is 0.111. The van der Waals surface area contributed by atoms with Gasteiger partial charge in [-0.2, -0.15) is 0 Å². The second kappa shape index (κ2) is 11.6. The number of aryl methyl sites for hydroxylation is 1. The predicted molar refractivity (Wildman–Crippen MR) is 130 cm³/mol. The summed E-state index contributed by atoms with van der Waals surface area (Å²) in [4.78, 5) is 19.0. The maximum atomic E-state index is 12.6. The summed E-state index contributed by atoms with van der Waals surface area (Å²) in [7, 11) is 1.68. The van der Waals surface area contributed by atoms with E-state index in [9.17, 15) is 4.79 Å². The van der Waals surface area contributed by atoms with Crippen molar-refractivity contribution in [3.8, 4) is 5.75 Å². The highest BCUT2D eigenvalue weighted by Gasteiger charge is 2.28. The van der Waals surface area contributed by atoms with E-state index in [1.807, 2.05) is 19.1 Å². The van der Waals surface area contributed by atoms with E-state index in [4.69, 9.17) is 21.1 Å². The highest BCUT2D eigenvalue weighted by molar-refractivity contribution is 5.69. The molecule has 1 saturated heterocycles. The molecule has 33 heavy (non-hydrogen) atoms. The molecule has 1 aliphatic carbocycles. The Morgan fingerprint density at radius 2 is 1.97 bits per heavy atom. The number of ether oxygens (including phenoxy) is 2. The van der Waals surface area contributed by atoms with Crippen LogP contribution < -0.4 is 16.3 Å². The minimum Gasteiger partial charge on any atom is -0.489 e. The van der Waals surface area contributed by atoms with Crippen LogP contribution in [0.3, 0.4) is 0 Å². The molecule has 0 spiro atoms. The van der Waals surface area contributed by atoms with Gasteiger partial charge in [0.2, 0.25) is 0 Å². The first-order valence-corrected chi connectivity index (χ1v) is 12.3. The number of pyridine rings is 1. The number of hydrazine groups is 1. The van der Waals surface area contributed by atoms with Gasteiger partial charge < -0.3 is 25.1 Å². The van der Waals surface area contributed by atoms with Gasteiger partial charge in [0.1, 0.15) is 12.4 Å². The van der Waals surface area contributed by atoms with Crippen LogP contribution in [-0.2, 0) is 4.74 Å². The molecule has 0 bridgehead atoms. The van der Waals surface area contributed by atoms with Crippen LogP contribution in [0.2, 0.25) is 0 Å². The molecule has 2 heterocycles. The Hall–Kier alpha value is -2.48. The smallest absolute Gasteiger partial charge is 0.410 e. The third-order valence-electron chi connectivity index (χ3n) is 6.58. The monoisotopic (exact) mass is 459 g/mol. The number of hydrogen-bond donors (Lipinski definition) is 2.